The van der Waals surface area contributed by atoms with E-state index in [-0.39, 0.29) is 5.91 Å². The molecule has 1 aliphatic heterocycles. The van der Waals surface area contributed by atoms with Gasteiger partial charge < -0.3 is 20.9 Å². The first kappa shape index (κ1) is 20.3. The number of nitrogens with one attached hydrogen (secondary N) is 1. The Bertz CT molecular complexity index is 918. The molecule has 0 spiro atoms. The van der Waals surface area contributed by atoms with Crippen molar-refractivity contribution in [2.75, 3.05) is 32.1 Å². The Hall–Kier alpha value is -2.48. The summed E-state index contributed by atoms with van der Waals surface area (Å²) in [7, 11) is 3.54. The minimum absolute atomic E-state index is 0.210. The lowest BCUT2D eigenvalue weighted by molar-refractivity contribution is -0.119. The van der Waals surface area contributed by atoms with Crippen LogP contribution < -0.4 is 16.0 Å². The molecule has 2 aromatic carbocycles. The number of benzodiazepines with no additional fused rings is 1. The second-order valence-corrected chi connectivity index (χ2v) is 7.29. The molecule has 28 heavy (non-hydrogen) atoms. The maximum absolute atomic E-state index is 13.1. The molecular formula is C20H22ClN5OS. The molecule has 1 amide bonds. The summed E-state index contributed by atoms with van der Waals surface area (Å²) in [4.78, 5) is 21.2. The van der Waals surface area contributed by atoms with Gasteiger partial charge in [0, 0.05) is 43.3 Å². The molecule has 3 N–H and O–H groups in total. The number of likely N-dealkylation sites (N-methyl/N-ethyl adjacent to an activating group) is 2. The van der Waals surface area contributed by atoms with Gasteiger partial charge in [0.25, 0.3) is 5.91 Å². The van der Waals surface area contributed by atoms with E-state index in [1.54, 1.807) is 22.9 Å². The molecule has 0 fully saturated rings. The number of anilines is 1. The zero-order valence-electron chi connectivity index (χ0n) is 15.7. The van der Waals surface area contributed by atoms with Gasteiger partial charge in [0.1, 0.15) is 0 Å². The largest absolute Gasteiger partial charge is 0.351 e. The van der Waals surface area contributed by atoms with Gasteiger partial charge in [-0.3, -0.25) is 4.79 Å². The zero-order chi connectivity index (χ0) is 20.3. The molecule has 2 aromatic rings. The highest BCUT2D eigenvalue weighted by Crippen LogP contribution is 2.29. The Morgan fingerprint density at radius 3 is 2.71 bits per heavy atom. The van der Waals surface area contributed by atoms with E-state index in [0.717, 1.165) is 16.8 Å². The molecule has 1 unspecified atom stereocenters. The van der Waals surface area contributed by atoms with E-state index in [1.807, 2.05) is 49.5 Å². The number of halogens is 1. The highest BCUT2D eigenvalue weighted by molar-refractivity contribution is 7.80. The van der Waals surface area contributed by atoms with Crippen LogP contribution in [0.4, 0.5) is 5.69 Å². The van der Waals surface area contributed by atoms with Crippen molar-refractivity contribution >= 4 is 46.2 Å². The summed E-state index contributed by atoms with van der Waals surface area (Å²) in [5.74, 6) is -0.210. The Kier molecular flexibility index (Phi) is 6.28. The van der Waals surface area contributed by atoms with Gasteiger partial charge in [-0.1, -0.05) is 41.9 Å². The topological polar surface area (TPSA) is 74.0 Å². The molecule has 6 nitrogen and oxygen atoms in total. The van der Waals surface area contributed by atoms with E-state index in [9.17, 15) is 4.79 Å². The van der Waals surface area contributed by atoms with Crippen LogP contribution in [0.3, 0.4) is 0 Å². The first-order valence-corrected chi connectivity index (χ1v) is 9.63. The van der Waals surface area contributed by atoms with Crippen LogP contribution in [0.15, 0.2) is 53.5 Å². The van der Waals surface area contributed by atoms with E-state index < -0.39 is 6.17 Å². The molecule has 0 saturated heterocycles. The van der Waals surface area contributed by atoms with Gasteiger partial charge in [0.15, 0.2) is 5.11 Å². The van der Waals surface area contributed by atoms with Crippen LogP contribution in [0.25, 0.3) is 0 Å². The SMILES string of the molecule is CN(CCN)C(=S)NC1N=C(c2ccccc2)c2cc(Cl)ccc2N(C)C1=O. The second-order valence-electron chi connectivity index (χ2n) is 6.46. The molecular weight excluding hydrogens is 394 g/mol. The average Bonchev–Trinajstić information content (AvgIpc) is 2.79. The van der Waals surface area contributed by atoms with Crippen molar-refractivity contribution in [2.24, 2.45) is 10.7 Å². The van der Waals surface area contributed by atoms with Crippen molar-refractivity contribution in [3.63, 3.8) is 0 Å². The van der Waals surface area contributed by atoms with Gasteiger partial charge in [-0.05, 0) is 30.4 Å². The summed E-state index contributed by atoms with van der Waals surface area (Å²) >= 11 is 11.7. The number of benzene rings is 2. The third-order valence-corrected chi connectivity index (χ3v) is 5.18. The quantitative estimate of drug-likeness (QED) is 0.749. The number of nitrogens with two attached hydrogens (primary N) is 1. The molecule has 1 atom stereocenters. The molecule has 0 aromatic heterocycles. The summed E-state index contributed by atoms with van der Waals surface area (Å²) in [5, 5.41) is 4.05. The number of rotatable bonds is 4. The summed E-state index contributed by atoms with van der Waals surface area (Å²) < 4.78 is 0. The molecule has 0 saturated carbocycles. The Labute approximate surface area is 175 Å². The predicted molar refractivity (Wildman–Crippen MR) is 118 cm³/mol. The Balaban J connectivity index is 2.09. The highest BCUT2D eigenvalue weighted by atomic mass is 35.5. The number of nitrogens with zero attached hydrogens (tertiary/aromatic N) is 3. The number of thiocarbonyl (C=S) groups is 1. The Morgan fingerprint density at radius 1 is 1.32 bits per heavy atom. The number of amides is 1. The van der Waals surface area contributed by atoms with Crippen LogP contribution in [0.1, 0.15) is 11.1 Å². The summed E-state index contributed by atoms with van der Waals surface area (Å²) in [6.45, 7) is 1.03. The molecule has 1 aliphatic rings. The normalized spacial score (nSPS) is 16.1. The maximum Gasteiger partial charge on any atom is 0.272 e. The smallest absolute Gasteiger partial charge is 0.272 e. The average molecular weight is 416 g/mol. The monoisotopic (exact) mass is 415 g/mol. The third-order valence-electron chi connectivity index (χ3n) is 4.52. The van der Waals surface area contributed by atoms with Crippen LogP contribution in [0, 0.1) is 0 Å². The molecule has 8 heteroatoms. The van der Waals surface area contributed by atoms with E-state index in [0.29, 0.717) is 28.9 Å². The maximum atomic E-state index is 13.1. The minimum Gasteiger partial charge on any atom is -0.351 e. The van der Waals surface area contributed by atoms with Gasteiger partial charge in [-0.2, -0.15) is 0 Å². The minimum atomic E-state index is -0.862. The standard InChI is InChI=1S/C20H22ClN5OS/c1-25(11-10-22)20(28)24-18-19(27)26(2)16-9-8-14(21)12-15(16)17(23-18)13-6-4-3-5-7-13/h3-9,12,18H,10-11,22H2,1-2H3,(H,24,28). The van der Waals surface area contributed by atoms with Crippen molar-refractivity contribution in [1.82, 2.24) is 10.2 Å². The molecule has 0 aliphatic carbocycles. The number of aliphatic imine (C=N–C) groups is 1. The van der Waals surface area contributed by atoms with Gasteiger partial charge in [-0.15, -0.1) is 0 Å². The van der Waals surface area contributed by atoms with Crippen molar-refractivity contribution in [1.29, 1.82) is 0 Å². The molecule has 1 heterocycles. The van der Waals surface area contributed by atoms with Crippen LogP contribution >= 0.6 is 23.8 Å². The molecule has 146 valence electrons. The fraction of sp³-hybridized carbons (Fsp3) is 0.250. The van der Waals surface area contributed by atoms with Gasteiger partial charge >= 0.3 is 0 Å². The highest BCUT2D eigenvalue weighted by Gasteiger charge is 2.31. The number of fused-ring (bicyclic) bond motifs is 1. The van der Waals surface area contributed by atoms with Crippen molar-refractivity contribution in [3.05, 3.63) is 64.7 Å². The van der Waals surface area contributed by atoms with Crippen LogP contribution in [-0.4, -0.2) is 55.0 Å². The molecule has 0 bridgehead atoms. The first-order valence-electron chi connectivity index (χ1n) is 8.84. The Morgan fingerprint density at radius 2 is 2.04 bits per heavy atom. The van der Waals surface area contributed by atoms with Crippen LogP contribution in [0.5, 0.6) is 0 Å². The fourth-order valence-corrected chi connectivity index (χ4v) is 3.36. The van der Waals surface area contributed by atoms with Crippen LogP contribution in [-0.2, 0) is 4.79 Å². The van der Waals surface area contributed by atoms with E-state index in [1.165, 1.54) is 0 Å². The van der Waals surface area contributed by atoms with E-state index in [2.05, 4.69) is 5.32 Å². The van der Waals surface area contributed by atoms with Gasteiger partial charge in [0.2, 0.25) is 6.17 Å². The lowest BCUT2D eigenvalue weighted by Crippen LogP contribution is -2.50. The van der Waals surface area contributed by atoms with Crippen molar-refractivity contribution in [3.8, 4) is 0 Å². The third kappa shape index (κ3) is 4.16. The lowest BCUT2D eigenvalue weighted by atomic mass is 10.0. The van der Waals surface area contributed by atoms with Gasteiger partial charge in [-0.25, -0.2) is 4.99 Å². The number of hydrogen-bond acceptors (Lipinski definition) is 4. The predicted octanol–water partition coefficient (Wildman–Crippen LogP) is 2.24. The summed E-state index contributed by atoms with van der Waals surface area (Å²) in [5.41, 5.74) is 8.70. The number of hydrogen-bond donors (Lipinski definition) is 2. The summed E-state index contributed by atoms with van der Waals surface area (Å²) in [6.07, 6.45) is -0.862. The van der Waals surface area contributed by atoms with Crippen molar-refractivity contribution < 1.29 is 4.79 Å². The summed E-state index contributed by atoms with van der Waals surface area (Å²) in [6, 6.07) is 15.1. The number of carbonyl (C=O) groups excluding carboxylic acids is 1. The zero-order valence-corrected chi connectivity index (χ0v) is 17.3. The van der Waals surface area contributed by atoms with Gasteiger partial charge in [0.05, 0.1) is 11.4 Å². The van der Waals surface area contributed by atoms with E-state index >= 15 is 0 Å². The molecule has 3 rings (SSSR count). The van der Waals surface area contributed by atoms with E-state index in [4.69, 9.17) is 34.5 Å². The molecule has 0 radical (unpaired) electrons. The van der Waals surface area contributed by atoms with Crippen LogP contribution in [0.2, 0.25) is 5.02 Å². The second kappa shape index (κ2) is 8.68. The first-order chi connectivity index (χ1) is 13.4. The number of carbonyl (C=O) groups is 1. The fourth-order valence-electron chi connectivity index (χ4n) is 2.99. The lowest BCUT2D eigenvalue weighted by Gasteiger charge is -2.25. The van der Waals surface area contributed by atoms with Crippen molar-refractivity contribution in [2.45, 2.75) is 6.17 Å².